The van der Waals surface area contributed by atoms with Gasteiger partial charge < -0.3 is 4.90 Å². The lowest BCUT2D eigenvalue weighted by atomic mass is 9.65. The first-order valence-electron chi connectivity index (χ1n) is 7.65. The first kappa shape index (κ1) is 11.6. The summed E-state index contributed by atoms with van der Waals surface area (Å²) in [6.07, 6.45) is 1.09. The second-order valence-electron chi connectivity index (χ2n) is 6.76. The summed E-state index contributed by atoms with van der Waals surface area (Å²) in [5.41, 5.74) is 5.48. The fourth-order valence-corrected chi connectivity index (χ4v) is 5.11. The first-order chi connectivity index (χ1) is 10.2. The summed E-state index contributed by atoms with van der Waals surface area (Å²) in [5.74, 6) is 0.768. The second kappa shape index (κ2) is 3.56. The van der Waals surface area contributed by atoms with Crippen molar-refractivity contribution in [2.75, 3.05) is 13.6 Å². The van der Waals surface area contributed by atoms with Gasteiger partial charge >= 0.3 is 0 Å². The lowest BCUT2D eigenvalue weighted by Crippen LogP contribution is -2.35. The predicted octanol–water partition coefficient (Wildman–Crippen LogP) is 3.03. The molecule has 3 aliphatic rings. The molecule has 2 bridgehead atoms. The average Bonchev–Trinajstić information content (AvgIpc) is 2.94. The quantitative estimate of drug-likeness (QED) is 0.723. The lowest BCUT2D eigenvalue weighted by molar-refractivity contribution is -0.128. The Bertz CT molecular complexity index is 781. The average molecular weight is 275 g/mol. The standard InChI is InChI=1S/C19H17NO/c1-20-11-19-10-15(13-7-4-5-9-16(13)19)12-6-2-3-8-14(12)17(19)18(20)21/h2-9,15,17H,10-11H2,1H3. The minimum atomic E-state index is 0.00144. The minimum Gasteiger partial charge on any atom is -0.344 e. The van der Waals surface area contributed by atoms with Crippen molar-refractivity contribution >= 4 is 5.91 Å². The van der Waals surface area contributed by atoms with Crippen LogP contribution in [-0.2, 0) is 10.2 Å². The van der Waals surface area contributed by atoms with Crippen LogP contribution in [0.1, 0.15) is 40.5 Å². The van der Waals surface area contributed by atoms with E-state index in [0.29, 0.717) is 5.92 Å². The Hall–Kier alpha value is -2.09. The van der Waals surface area contributed by atoms with Crippen LogP contribution in [0.2, 0.25) is 0 Å². The zero-order chi connectivity index (χ0) is 14.2. The van der Waals surface area contributed by atoms with E-state index < -0.39 is 0 Å². The van der Waals surface area contributed by atoms with E-state index in [-0.39, 0.29) is 17.2 Å². The molecule has 0 N–H and O–H groups in total. The number of amides is 1. The molecule has 0 aromatic heterocycles. The highest BCUT2D eigenvalue weighted by molar-refractivity contribution is 5.91. The molecule has 5 rings (SSSR count). The van der Waals surface area contributed by atoms with Gasteiger partial charge in [-0.15, -0.1) is 0 Å². The highest BCUT2D eigenvalue weighted by Crippen LogP contribution is 2.63. The molecule has 1 fully saturated rings. The molecule has 1 amide bonds. The molecular weight excluding hydrogens is 258 g/mol. The molecule has 2 aliphatic carbocycles. The highest BCUT2D eigenvalue weighted by atomic mass is 16.2. The number of nitrogens with zero attached hydrogens (tertiary/aromatic N) is 1. The molecule has 2 nitrogen and oxygen atoms in total. The van der Waals surface area contributed by atoms with Crippen molar-refractivity contribution in [3.05, 3.63) is 70.8 Å². The largest absolute Gasteiger partial charge is 0.344 e. The molecule has 2 aromatic rings. The Morgan fingerprint density at radius 1 is 1.00 bits per heavy atom. The smallest absolute Gasteiger partial charge is 0.230 e. The summed E-state index contributed by atoms with van der Waals surface area (Å²) in [6.45, 7) is 0.859. The number of fused-ring (bicyclic) bond motifs is 3. The Morgan fingerprint density at radius 2 is 1.67 bits per heavy atom. The molecule has 2 heteroatoms. The van der Waals surface area contributed by atoms with Crippen molar-refractivity contribution in [2.24, 2.45) is 0 Å². The number of likely N-dealkylation sites (tertiary alicyclic amines) is 1. The lowest BCUT2D eigenvalue weighted by Gasteiger charge is -2.35. The van der Waals surface area contributed by atoms with Gasteiger partial charge in [-0.05, 0) is 28.7 Å². The number of carbonyl (C=O) groups excluding carboxylic acids is 1. The van der Waals surface area contributed by atoms with Crippen molar-refractivity contribution < 1.29 is 4.79 Å². The Kier molecular flexibility index (Phi) is 1.96. The molecule has 0 saturated carbocycles. The van der Waals surface area contributed by atoms with Crippen molar-refractivity contribution in [3.8, 4) is 0 Å². The number of hydrogen-bond donors (Lipinski definition) is 0. The van der Waals surface area contributed by atoms with Crippen LogP contribution in [-0.4, -0.2) is 24.4 Å². The van der Waals surface area contributed by atoms with Crippen LogP contribution in [0.3, 0.4) is 0 Å². The summed E-state index contributed by atoms with van der Waals surface area (Å²) in [4.78, 5) is 14.8. The summed E-state index contributed by atoms with van der Waals surface area (Å²) >= 11 is 0. The van der Waals surface area contributed by atoms with Crippen LogP contribution in [0.25, 0.3) is 0 Å². The van der Waals surface area contributed by atoms with E-state index in [1.165, 1.54) is 22.3 Å². The third-order valence-electron chi connectivity index (χ3n) is 5.82. The van der Waals surface area contributed by atoms with Gasteiger partial charge in [0.25, 0.3) is 0 Å². The van der Waals surface area contributed by atoms with Crippen LogP contribution >= 0.6 is 0 Å². The molecule has 3 atom stereocenters. The van der Waals surface area contributed by atoms with Gasteiger partial charge in [0, 0.05) is 24.9 Å². The van der Waals surface area contributed by atoms with Crippen molar-refractivity contribution in [3.63, 3.8) is 0 Å². The minimum absolute atomic E-state index is 0.00144. The molecule has 3 unspecified atom stereocenters. The number of rotatable bonds is 0. The molecular formula is C19H17NO. The maximum absolute atomic E-state index is 12.8. The summed E-state index contributed by atoms with van der Waals surface area (Å²) in [5, 5.41) is 0. The topological polar surface area (TPSA) is 20.3 Å². The van der Waals surface area contributed by atoms with E-state index in [2.05, 4.69) is 48.5 Å². The summed E-state index contributed by atoms with van der Waals surface area (Å²) in [6, 6.07) is 17.3. The van der Waals surface area contributed by atoms with Gasteiger partial charge in [-0.2, -0.15) is 0 Å². The van der Waals surface area contributed by atoms with E-state index in [9.17, 15) is 4.79 Å². The van der Waals surface area contributed by atoms with Crippen molar-refractivity contribution in [1.29, 1.82) is 0 Å². The summed E-state index contributed by atoms with van der Waals surface area (Å²) in [7, 11) is 1.95. The maximum atomic E-state index is 12.8. The van der Waals surface area contributed by atoms with Gasteiger partial charge in [-0.25, -0.2) is 0 Å². The van der Waals surface area contributed by atoms with Gasteiger partial charge in [0.1, 0.15) is 0 Å². The Balaban J connectivity index is 1.89. The zero-order valence-corrected chi connectivity index (χ0v) is 12.0. The van der Waals surface area contributed by atoms with Crippen LogP contribution < -0.4 is 0 Å². The Morgan fingerprint density at radius 3 is 2.48 bits per heavy atom. The van der Waals surface area contributed by atoms with E-state index in [0.717, 1.165) is 13.0 Å². The molecule has 1 spiro atoms. The fourth-order valence-electron chi connectivity index (χ4n) is 5.11. The molecule has 1 heterocycles. The number of hydrogen-bond acceptors (Lipinski definition) is 1. The van der Waals surface area contributed by atoms with E-state index in [4.69, 9.17) is 0 Å². The van der Waals surface area contributed by atoms with Gasteiger partial charge in [0.2, 0.25) is 5.91 Å². The van der Waals surface area contributed by atoms with Crippen LogP contribution in [0.5, 0.6) is 0 Å². The number of benzene rings is 2. The van der Waals surface area contributed by atoms with E-state index >= 15 is 0 Å². The normalized spacial score (nSPS) is 31.9. The molecule has 21 heavy (non-hydrogen) atoms. The zero-order valence-electron chi connectivity index (χ0n) is 12.0. The third-order valence-corrected chi connectivity index (χ3v) is 5.82. The molecule has 1 aliphatic heterocycles. The highest BCUT2D eigenvalue weighted by Gasteiger charge is 2.61. The van der Waals surface area contributed by atoms with Crippen molar-refractivity contribution in [1.82, 2.24) is 4.90 Å². The predicted molar refractivity (Wildman–Crippen MR) is 81.4 cm³/mol. The number of carbonyl (C=O) groups is 1. The van der Waals surface area contributed by atoms with Crippen molar-refractivity contribution in [2.45, 2.75) is 23.7 Å². The van der Waals surface area contributed by atoms with Crippen LogP contribution in [0.15, 0.2) is 48.5 Å². The monoisotopic (exact) mass is 275 g/mol. The first-order valence-corrected chi connectivity index (χ1v) is 7.65. The van der Waals surface area contributed by atoms with Gasteiger partial charge in [0.15, 0.2) is 0 Å². The van der Waals surface area contributed by atoms with Gasteiger partial charge in [-0.3, -0.25) is 4.79 Å². The molecule has 0 radical (unpaired) electrons. The maximum Gasteiger partial charge on any atom is 0.230 e. The SMILES string of the molecule is CN1CC23CC(c4ccccc4C2C1=O)c1ccccc13. The molecule has 2 aromatic carbocycles. The van der Waals surface area contributed by atoms with E-state index in [1.807, 2.05) is 11.9 Å². The second-order valence-corrected chi connectivity index (χ2v) is 6.76. The fraction of sp³-hybridized carbons (Fsp3) is 0.316. The molecule has 1 saturated heterocycles. The van der Waals surface area contributed by atoms with Crippen LogP contribution in [0.4, 0.5) is 0 Å². The number of likely N-dealkylation sites (N-methyl/N-ethyl adjacent to an activating group) is 1. The third kappa shape index (κ3) is 1.18. The summed E-state index contributed by atoms with van der Waals surface area (Å²) < 4.78 is 0. The van der Waals surface area contributed by atoms with E-state index in [1.54, 1.807) is 0 Å². The Labute approximate surface area is 124 Å². The van der Waals surface area contributed by atoms with Crippen LogP contribution in [0, 0.1) is 0 Å². The van der Waals surface area contributed by atoms with Gasteiger partial charge in [0.05, 0.1) is 5.92 Å². The molecule has 104 valence electrons. The van der Waals surface area contributed by atoms with Gasteiger partial charge in [-0.1, -0.05) is 48.5 Å².